The Hall–Kier alpha value is -2.67. The van der Waals surface area contributed by atoms with E-state index in [2.05, 4.69) is 35.2 Å². The second kappa shape index (κ2) is 7.97. The van der Waals surface area contributed by atoms with Crippen LogP contribution in [0.15, 0.2) is 77.7 Å². The fraction of sp³-hybridized carbons (Fsp3) is 0.333. The van der Waals surface area contributed by atoms with E-state index in [1.165, 1.54) is 11.1 Å². The van der Waals surface area contributed by atoms with Crippen LogP contribution in [0.1, 0.15) is 35.1 Å². The molecule has 0 saturated carbocycles. The fourth-order valence-corrected chi connectivity index (χ4v) is 7.26. The van der Waals surface area contributed by atoms with Gasteiger partial charge in [0.15, 0.2) is 0 Å². The maximum atomic E-state index is 13.8. The van der Waals surface area contributed by atoms with Crippen LogP contribution >= 0.6 is 0 Å². The molecule has 0 amide bonds. The van der Waals surface area contributed by atoms with Gasteiger partial charge in [0.05, 0.1) is 23.8 Å². The molecule has 1 spiro atoms. The smallest absolute Gasteiger partial charge is 0.264 e. The summed E-state index contributed by atoms with van der Waals surface area (Å²) in [7, 11) is -3.65. The lowest BCUT2D eigenvalue weighted by atomic mass is 9.74. The molecular weight excluding hydrogens is 432 g/mol. The van der Waals surface area contributed by atoms with E-state index in [4.69, 9.17) is 4.74 Å². The van der Waals surface area contributed by atoms with Crippen molar-refractivity contribution in [2.45, 2.75) is 42.9 Å². The zero-order valence-corrected chi connectivity index (χ0v) is 19.4. The summed E-state index contributed by atoms with van der Waals surface area (Å²) in [6.07, 6.45) is 1.92. The number of benzene rings is 3. The Morgan fingerprint density at radius 3 is 2.39 bits per heavy atom. The Balaban J connectivity index is 1.28. The molecule has 3 aliphatic rings. The lowest BCUT2D eigenvalue weighted by molar-refractivity contribution is 0.134. The highest BCUT2D eigenvalue weighted by Gasteiger charge is 2.48. The molecule has 5 nitrogen and oxygen atoms in total. The highest BCUT2D eigenvalue weighted by atomic mass is 32.2. The monoisotopic (exact) mass is 460 g/mol. The minimum Gasteiger partial charge on any atom is -0.372 e. The number of anilines is 1. The first-order valence-electron chi connectivity index (χ1n) is 11.6. The molecule has 0 N–H and O–H groups in total. The van der Waals surface area contributed by atoms with Crippen molar-refractivity contribution in [1.82, 2.24) is 4.90 Å². The van der Waals surface area contributed by atoms with Crippen LogP contribution in [0.5, 0.6) is 0 Å². The summed E-state index contributed by atoms with van der Waals surface area (Å²) in [5.74, 6) is 0. The largest absolute Gasteiger partial charge is 0.372 e. The molecule has 6 heteroatoms. The average molecular weight is 461 g/mol. The Morgan fingerprint density at radius 1 is 0.848 bits per heavy atom. The van der Waals surface area contributed by atoms with Gasteiger partial charge in [-0.05, 0) is 66.4 Å². The van der Waals surface area contributed by atoms with E-state index >= 15 is 0 Å². The molecule has 0 radical (unpaired) electrons. The predicted molar refractivity (Wildman–Crippen MR) is 129 cm³/mol. The third-order valence-electron chi connectivity index (χ3n) is 7.53. The first kappa shape index (κ1) is 20.9. The molecule has 3 aromatic carbocycles. The second-order valence-corrected chi connectivity index (χ2v) is 11.4. The van der Waals surface area contributed by atoms with Crippen LogP contribution in [-0.2, 0) is 39.9 Å². The summed E-state index contributed by atoms with van der Waals surface area (Å²) in [5, 5.41) is 0. The maximum absolute atomic E-state index is 13.8. The molecule has 3 aliphatic heterocycles. The van der Waals surface area contributed by atoms with E-state index < -0.39 is 10.0 Å². The molecule has 3 heterocycles. The molecule has 0 aromatic heterocycles. The number of sulfonamides is 1. The summed E-state index contributed by atoms with van der Waals surface area (Å²) in [5.41, 5.74) is 5.27. The van der Waals surface area contributed by atoms with Crippen molar-refractivity contribution in [3.05, 3.63) is 95.1 Å². The van der Waals surface area contributed by atoms with Gasteiger partial charge in [0, 0.05) is 18.5 Å². The van der Waals surface area contributed by atoms with Gasteiger partial charge in [0.25, 0.3) is 10.0 Å². The molecular formula is C27H28N2O3S. The Bertz CT molecular complexity index is 1280. The maximum Gasteiger partial charge on any atom is 0.264 e. The Labute approximate surface area is 195 Å². The van der Waals surface area contributed by atoms with E-state index in [0.29, 0.717) is 24.7 Å². The SMILES string of the molecule is O=S(=O)(c1ccc2c(c1)COC2)N1CC2(CCN(Cc3ccccc3)CC2)c2ccccc21. The first-order chi connectivity index (χ1) is 16.1. The number of para-hydroxylation sites is 1. The molecule has 0 unspecified atom stereocenters. The number of likely N-dealkylation sites (tertiary alicyclic amines) is 1. The zero-order valence-electron chi connectivity index (χ0n) is 18.6. The molecule has 3 aromatic rings. The quantitative estimate of drug-likeness (QED) is 0.577. The first-order valence-corrected chi connectivity index (χ1v) is 13.1. The molecule has 0 atom stereocenters. The van der Waals surface area contributed by atoms with Crippen molar-refractivity contribution in [3.63, 3.8) is 0 Å². The lowest BCUT2D eigenvalue weighted by Gasteiger charge is -2.40. The third kappa shape index (κ3) is 3.57. The molecule has 170 valence electrons. The van der Waals surface area contributed by atoms with Gasteiger partial charge in [-0.15, -0.1) is 0 Å². The van der Waals surface area contributed by atoms with Gasteiger partial charge in [-0.1, -0.05) is 54.6 Å². The van der Waals surface area contributed by atoms with Crippen molar-refractivity contribution >= 4 is 15.7 Å². The van der Waals surface area contributed by atoms with Crippen LogP contribution in [0.2, 0.25) is 0 Å². The van der Waals surface area contributed by atoms with Crippen molar-refractivity contribution in [1.29, 1.82) is 0 Å². The molecule has 33 heavy (non-hydrogen) atoms. The van der Waals surface area contributed by atoms with E-state index in [1.807, 2.05) is 30.3 Å². The molecule has 6 rings (SSSR count). The number of rotatable bonds is 4. The van der Waals surface area contributed by atoms with E-state index in [1.54, 1.807) is 16.4 Å². The van der Waals surface area contributed by atoms with Crippen LogP contribution in [0.25, 0.3) is 0 Å². The zero-order chi connectivity index (χ0) is 22.5. The lowest BCUT2D eigenvalue weighted by Crippen LogP contribution is -2.45. The summed E-state index contributed by atoms with van der Waals surface area (Å²) in [6, 6.07) is 24.1. The predicted octanol–water partition coefficient (Wildman–Crippen LogP) is 4.46. The van der Waals surface area contributed by atoms with Gasteiger partial charge < -0.3 is 4.74 Å². The van der Waals surface area contributed by atoms with E-state index in [-0.39, 0.29) is 5.41 Å². The number of nitrogens with zero attached hydrogens (tertiary/aromatic N) is 2. The number of ether oxygens (including phenoxy) is 1. The number of piperidine rings is 1. The summed E-state index contributed by atoms with van der Waals surface area (Å²) in [4.78, 5) is 2.85. The second-order valence-electron chi connectivity index (χ2n) is 9.49. The van der Waals surface area contributed by atoms with Crippen LogP contribution < -0.4 is 4.31 Å². The number of hydrogen-bond acceptors (Lipinski definition) is 4. The van der Waals surface area contributed by atoms with Crippen molar-refractivity contribution in [2.24, 2.45) is 0 Å². The highest BCUT2D eigenvalue weighted by molar-refractivity contribution is 7.92. The minimum absolute atomic E-state index is 0.128. The summed E-state index contributed by atoms with van der Waals surface area (Å²) < 4.78 is 34.8. The molecule has 1 fully saturated rings. The fourth-order valence-electron chi connectivity index (χ4n) is 5.64. The van der Waals surface area contributed by atoms with Gasteiger partial charge >= 0.3 is 0 Å². The van der Waals surface area contributed by atoms with Gasteiger partial charge in [-0.2, -0.15) is 0 Å². The molecule has 0 aliphatic carbocycles. The van der Waals surface area contributed by atoms with Gasteiger partial charge in [-0.3, -0.25) is 9.21 Å². The van der Waals surface area contributed by atoms with Gasteiger partial charge in [0.2, 0.25) is 0 Å². The third-order valence-corrected chi connectivity index (χ3v) is 9.29. The molecule has 0 bridgehead atoms. The van der Waals surface area contributed by atoms with Gasteiger partial charge in [-0.25, -0.2) is 8.42 Å². The van der Waals surface area contributed by atoms with Crippen LogP contribution in [0, 0.1) is 0 Å². The van der Waals surface area contributed by atoms with Crippen LogP contribution in [-0.4, -0.2) is 33.0 Å². The number of hydrogen-bond donors (Lipinski definition) is 0. The summed E-state index contributed by atoms with van der Waals surface area (Å²) >= 11 is 0. The molecule has 1 saturated heterocycles. The Kier molecular flexibility index (Phi) is 5.05. The van der Waals surface area contributed by atoms with Gasteiger partial charge in [0.1, 0.15) is 0 Å². The normalized spacial score (nSPS) is 19.6. The number of fused-ring (bicyclic) bond motifs is 3. The van der Waals surface area contributed by atoms with Crippen LogP contribution in [0.4, 0.5) is 5.69 Å². The Morgan fingerprint density at radius 2 is 1.58 bits per heavy atom. The van der Waals surface area contributed by atoms with E-state index in [0.717, 1.165) is 49.3 Å². The summed E-state index contributed by atoms with van der Waals surface area (Å²) in [6.45, 7) is 4.43. The van der Waals surface area contributed by atoms with Crippen molar-refractivity contribution in [3.8, 4) is 0 Å². The topological polar surface area (TPSA) is 49.9 Å². The van der Waals surface area contributed by atoms with Crippen LogP contribution in [0.3, 0.4) is 0 Å². The minimum atomic E-state index is -3.65. The van der Waals surface area contributed by atoms with E-state index in [9.17, 15) is 8.42 Å². The average Bonchev–Trinajstić information content (AvgIpc) is 3.45. The van der Waals surface area contributed by atoms with Crippen molar-refractivity contribution < 1.29 is 13.2 Å². The highest BCUT2D eigenvalue weighted by Crippen LogP contribution is 2.49. The standard InChI is InChI=1S/C27H28N2O3S/c30-33(31,24-11-10-22-18-32-19-23(22)16-24)29-20-27(25-8-4-5-9-26(25)29)12-14-28(15-13-27)17-21-6-2-1-3-7-21/h1-11,16H,12-15,17-20H2. The van der Waals surface area contributed by atoms with Crippen molar-refractivity contribution in [2.75, 3.05) is 23.9 Å².